The van der Waals surface area contributed by atoms with Crippen molar-refractivity contribution in [1.82, 2.24) is 0 Å². The van der Waals surface area contributed by atoms with Gasteiger partial charge in [0.05, 0.1) is 6.61 Å². The van der Waals surface area contributed by atoms with Gasteiger partial charge in [-0.15, -0.1) is 0 Å². The molecule has 1 aromatic rings. The average Bonchev–Trinajstić information content (AvgIpc) is 2.54. The minimum absolute atomic E-state index is 0.0952. The lowest BCUT2D eigenvalue weighted by Crippen LogP contribution is -2.28. The van der Waals surface area contributed by atoms with Crippen molar-refractivity contribution in [3.05, 3.63) is 34.4 Å². The van der Waals surface area contributed by atoms with E-state index in [9.17, 15) is 9.59 Å². The Bertz CT molecular complexity index is 558. The van der Waals surface area contributed by atoms with Crippen LogP contribution in [0.1, 0.15) is 67.1 Å². The van der Waals surface area contributed by atoms with Crippen molar-refractivity contribution in [3.8, 4) is 0 Å². The van der Waals surface area contributed by atoms with E-state index in [1.165, 1.54) is 9.12 Å². The highest BCUT2D eigenvalue weighted by molar-refractivity contribution is 7.00. The summed E-state index contributed by atoms with van der Waals surface area (Å²) in [6.45, 7) is 12.3. The molecule has 2 unspecified atom stereocenters. The Hall–Kier alpha value is -1.54. The zero-order valence-electron chi connectivity index (χ0n) is 16.3. The van der Waals surface area contributed by atoms with Gasteiger partial charge in [-0.2, -0.15) is 0 Å². The first kappa shape index (κ1) is 23.5. The molecule has 0 aromatic heterocycles. The highest BCUT2D eigenvalue weighted by Gasteiger charge is 2.30. The molecule has 0 saturated heterocycles. The predicted molar refractivity (Wildman–Crippen MR) is 104 cm³/mol. The van der Waals surface area contributed by atoms with Crippen molar-refractivity contribution < 1.29 is 18.9 Å². The molecule has 0 aliphatic heterocycles. The van der Waals surface area contributed by atoms with Crippen LogP contribution < -0.4 is 0 Å². The molecule has 0 fully saturated rings. The van der Waals surface area contributed by atoms with Crippen LogP contribution in [0.5, 0.6) is 0 Å². The number of unbranched alkanes of at least 4 members (excludes halogenated alkanes) is 1. The molecule has 25 heavy (non-hydrogen) atoms. The molecule has 0 amide bonds. The Morgan fingerprint density at radius 2 is 1.60 bits per heavy atom. The Morgan fingerprint density at radius 3 is 2.04 bits per heavy atom. The number of carbonyl (C=O) groups excluding carboxylic acids is 2. The maximum atomic E-state index is 13.0. The zero-order chi connectivity index (χ0) is 19.6. The Labute approximate surface area is 154 Å². The van der Waals surface area contributed by atoms with Crippen molar-refractivity contribution in [2.45, 2.75) is 60.8 Å². The number of aryl methyl sites for hydroxylation is 3. The van der Waals surface area contributed by atoms with Crippen molar-refractivity contribution in [3.63, 3.8) is 0 Å². The minimum Gasteiger partial charge on any atom is -0.465 e. The highest BCUT2D eigenvalue weighted by atomic mass is 31.0. The maximum Gasteiger partial charge on any atom is 0.316 e. The van der Waals surface area contributed by atoms with E-state index in [4.69, 9.17) is 9.30 Å². The van der Waals surface area contributed by atoms with E-state index < -0.39 is 5.92 Å². The zero-order valence-corrected chi connectivity index (χ0v) is 17.5. The summed E-state index contributed by atoms with van der Waals surface area (Å²) in [7, 11) is 1.17. The molecule has 140 valence electrons. The molecule has 1 aromatic carbocycles. The first-order valence-electron chi connectivity index (χ1n) is 8.80. The minimum atomic E-state index is -0.686. The van der Waals surface area contributed by atoms with Gasteiger partial charge >= 0.3 is 15.1 Å². The van der Waals surface area contributed by atoms with Crippen LogP contribution in [0.3, 0.4) is 0 Å². The Kier molecular flexibility index (Phi) is 11.2. The second-order valence-corrected chi connectivity index (χ2v) is 6.86. The summed E-state index contributed by atoms with van der Waals surface area (Å²) in [4.78, 5) is 25.4. The molecule has 0 heterocycles. The number of esters is 1. The number of hydrogen-bond acceptors (Lipinski definition) is 4. The van der Waals surface area contributed by atoms with Gasteiger partial charge in [0.2, 0.25) is 0 Å². The summed E-state index contributed by atoms with van der Waals surface area (Å²) >= 11 is 0. The van der Waals surface area contributed by atoms with Crippen LogP contribution in [0.2, 0.25) is 0 Å². The van der Waals surface area contributed by atoms with E-state index in [0.717, 1.165) is 29.5 Å². The van der Waals surface area contributed by atoms with Gasteiger partial charge < -0.3 is 4.74 Å². The van der Waals surface area contributed by atoms with Gasteiger partial charge in [-0.1, -0.05) is 55.9 Å². The number of benzene rings is 1. The Balaban J connectivity index is 0.00000277. The summed E-state index contributed by atoms with van der Waals surface area (Å²) in [6.07, 6.45) is 2.35. The summed E-state index contributed by atoms with van der Waals surface area (Å²) in [5.41, 5.74) is 3.68. The molecule has 0 aliphatic rings. The van der Waals surface area contributed by atoms with Crippen LogP contribution in [0.15, 0.2) is 12.1 Å². The number of hydrogen-bond donors (Lipinski definition) is 0. The van der Waals surface area contributed by atoms with Gasteiger partial charge in [0.1, 0.15) is 5.92 Å². The standard InChI is InChI=1S/C20H30O3.H2OP/c1-7-8-9-17(20(22)23-12-13(2)3)19(21)18-15(5)10-14(4)11-16(18)6;1-2/h10-11,13,17H,7-9,12H2,1-6H3;2H2/q;+1. The monoisotopic (exact) mass is 367 g/mol. The lowest BCUT2D eigenvalue weighted by Gasteiger charge is -2.18. The number of ether oxygens (including phenoxy) is 1. The van der Waals surface area contributed by atoms with Crippen molar-refractivity contribution in [2.75, 3.05) is 6.61 Å². The molecular weight excluding hydrogens is 335 g/mol. The van der Waals surface area contributed by atoms with E-state index in [0.29, 0.717) is 18.6 Å². The first-order valence-corrected chi connectivity index (χ1v) is 9.27. The fourth-order valence-electron chi connectivity index (χ4n) is 2.86. The molecule has 2 atom stereocenters. The third-order valence-electron chi connectivity index (χ3n) is 3.93. The van der Waals surface area contributed by atoms with E-state index in [1.54, 1.807) is 0 Å². The summed E-state index contributed by atoms with van der Waals surface area (Å²) in [5.74, 6) is -0.892. The van der Waals surface area contributed by atoms with Crippen molar-refractivity contribution in [2.24, 2.45) is 11.8 Å². The quantitative estimate of drug-likeness (QED) is 0.280. The van der Waals surface area contributed by atoms with Gasteiger partial charge in [0.25, 0.3) is 0 Å². The van der Waals surface area contributed by atoms with Crippen LogP contribution in [-0.2, 0) is 14.1 Å². The summed E-state index contributed by atoms with van der Waals surface area (Å²) < 4.78 is 13.5. The molecule has 0 bridgehead atoms. The molecule has 0 spiro atoms. The topological polar surface area (TPSA) is 60.4 Å². The largest absolute Gasteiger partial charge is 0.465 e. The van der Waals surface area contributed by atoms with Gasteiger partial charge in [-0.3, -0.25) is 9.59 Å². The first-order chi connectivity index (χ1) is 11.8. The predicted octanol–water partition coefficient (Wildman–Crippen LogP) is 5.01. The number of Topliss-reactive ketones (excluding diaryl/α,β-unsaturated/α-hetero) is 1. The van der Waals surface area contributed by atoms with E-state index >= 15 is 0 Å². The van der Waals surface area contributed by atoms with E-state index in [1.807, 2.05) is 46.8 Å². The maximum absolute atomic E-state index is 13.0. The Morgan fingerprint density at radius 1 is 1.08 bits per heavy atom. The normalized spacial score (nSPS) is 11.5. The number of rotatable bonds is 8. The molecule has 0 saturated carbocycles. The van der Waals surface area contributed by atoms with Crippen LogP contribution in [0, 0.1) is 32.6 Å². The average molecular weight is 367 g/mol. The third-order valence-corrected chi connectivity index (χ3v) is 3.93. The van der Waals surface area contributed by atoms with E-state index in [2.05, 4.69) is 6.92 Å². The van der Waals surface area contributed by atoms with Crippen LogP contribution >= 0.6 is 9.12 Å². The van der Waals surface area contributed by atoms with Gasteiger partial charge in [0, 0.05) is 5.56 Å². The van der Waals surface area contributed by atoms with Crippen LogP contribution in [-0.4, -0.2) is 18.4 Å². The van der Waals surface area contributed by atoms with Crippen LogP contribution in [0.25, 0.3) is 0 Å². The van der Waals surface area contributed by atoms with E-state index in [-0.39, 0.29) is 17.7 Å². The van der Waals surface area contributed by atoms with Crippen molar-refractivity contribution >= 4 is 20.9 Å². The summed E-state index contributed by atoms with van der Waals surface area (Å²) in [6, 6.07) is 3.99. The van der Waals surface area contributed by atoms with Crippen molar-refractivity contribution in [1.29, 1.82) is 0 Å². The SMILES string of the molecule is CCCCC(C(=O)OCC(C)C)C(=O)c1c(C)cc(C)cc1C.O=[PH2+]. The number of carbonyl (C=O) groups is 2. The second kappa shape index (κ2) is 11.9. The fraction of sp³-hybridized carbons (Fsp3) is 0.600. The molecule has 4 nitrogen and oxygen atoms in total. The lowest BCUT2D eigenvalue weighted by atomic mass is 9.87. The number of ketones is 1. The van der Waals surface area contributed by atoms with Gasteiger partial charge in [-0.05, 0) is 44.2 Å². The molecule has 1 rings (SSSR count). The van der Waals surface area contributed by atoms with Crippen LogP contribution in [0.4, 0.5) is 0 Å². The lowest BCUT2D eigenvalue weighted by molar-refractivity contribution is -0.148. The molecule has 0 aliphatic carbocycles. The summed E-state index contributed by atoms with van der Waals surface area (Å²) in [5, 5.41) is 0. The highest BCUT2D eigenvalue weighted by Crippen LogP contribution is 2.24. The molecular formula is C20H32O4P+. The second-order valence-electron chi connectivity index (χ2n) is 6.86. The van der Waals surface area contributed by atoms with Gasteiger partial charge in [0.15, 0.2) is 5.78 Å². The van der Waals surface area contributed by atoms with Gasteiger partial charge in [-0.25, -0.2) is 0 Å². The molecule has 0 N–H and O–H groups in total. The molecule has 5 heteroatoms. The fourth-order valence-corrected chi connectivity index (χ4v) is 2.86. The third kappa shape index (κ3) is 7.48. The smallest absolute Gasteiger partial charge is 0.316 e. The molecule has 0 radical (unpaired) electrons.